The molecule has 4 rings (SSSR count). The van der Waals surface area contributed by atoms with Crippen molar-refractivity contribution >= 4 is 17.0 Å². The maximum Gasteiger partial charge on any atom is 0.140 e. The van der Waals surface area contributed by atoms with E-state index in [1.54, 1.807) is 23.5 Å². The predicted molar refractivity (Wildman–Crippen MR) is 107 cm³/mol. The maximum atomic E-state index is 12.9. The van der Waals surface area contributed by atoms with Gasteiger partial charge in [0, 0.05) is 43.8 Å². The van der Waals surface area contributed by atoms with E-state index in [1.807, 2.05) is 0 Å². The number of piperazine rings is 1. The van der Waals surface area contributed by atoms with Crippen LogP contribution in [0.15, 0.2) is 60.0 Å². The highest BCUT2D eigenvalue weighted by molar-refractivity contribution is 7.09. The molecule has 0 aliphatic carbocycles. The molecule has 27 heavy (non-hydrogen) atoms. The van der Waals surface area contributed by atoms with Gasteiger partial charge in [0.15, 0.2) is 0 Å². The molecule has 3 aromatic rings. The minimum Gasteiger partial charge on any atom is -0.486 e. The quantitative estimate of drug-likeness (QED) is 0.638. The lowest BCUT2D eigenvalue weighted by Crippen LogP contribution is -2.46. The number of rotatable bonds is 6. The minimum absolute atomic E-state index is 0.258. The highest BCUT2D eigenvalue weighted by Crippen LogP contribution is 2.19. The molecule has 0 unspecified atom stereocenters. The number of aromatic nitrogens is 1. The zero-order valence-electron chi connectivity index (χ0n) is 15.1. The van der Waals surface area contributed by atoms with Crippen LogP contribution in [0, 0.1) is 5.82 Å². The van der Waals surface area contributed by atoms with E-state index in [0.29, 0.717) is 12.4 Å². The van der Waals surface area contributed by atoms with Gasteiger partial charge in [0.05, 0.1) is 5.69 Å². The van der Waals surface area contributed by atoms with Crippen molar-refractivity contribution in [1.29, 1.82) is 0 Å². The summed E-state index contributed by atoms with van der Waals surface area (Å²) < 4.78 is 18.6. The lowest BCUT2D eigenvalue weighted by Gasteiger charge is -2.35. The number of thiazole rings is 1. The largest absolute Gasteiger partial charge is 0.486 e. The maximum absolute atomic E-state index is 12.9. The molecule has 140 valence electrons. The van der Waals surface area contributed by atoms with Gasteiger partial charge in [-0.15, -0.1) is 11.3 Å². The van der Waals surface area contributed by atoms with Crippen LogP contribution >= 0.6 is 11.3 Å². The average molecular weight is 383 g/mol. The first-order valence-electron chi connectivity index (χ1n) is 9.10. The Labute approximate surface area is 162 Å². The normalized spacial score (nSPS) is 15.1. The second-order valence-electron chi connectivity index (χ2n) is 6.57. The van der Waals surface area contributed by atoms with Crippen molar-refractivity contribution in [3.05, 3.63) is 76.5 Å². The number of halogens is 1. The van der Waals surface area contributed by atoms with Crippen LogP contribution in [-0.4, -0.2) is 36.1 Å². The zero-order valence-corrected chi connectivity index (χ0v) is 15.9. The van der Waals surface area contributed by atoms with E-state index >= 15 is 0 Å². The smallest absolute Gasteiger partial charge is 0.140 e. The predicted octanol–water partition coefficient (Wildman–Crippen LogP) is 4.18. The number of hydrogen-bond donors (Lipinski definition) is 0. The van der Waals surface area contributed by atoms with Gasteiger partial charge in [0.25, 0.3) is 0 Å². The fourth-order valence-electron chi connectivity index (χ4n) is 3.20. The zero-order chi connectivity index (χ0) is 18.5. The Bertz CT molecular complexity index is 845. The van der Waals surface area contributed by atoms with E-state index in [4.69, 9.17) is 4.74 Å². The van der Waals surface area contributed by atoms with Crippen molar-refractivity contribution in [3.8, 4) is 5.75 Å². The molecule has 1 aliphatic rings. The molecule has 1 aliphatic heterocycles. The number of anilines is 1. The summed E-state index contributed by atoms with van der Waals surface area (Å²) >= 11 is 1.61. The monoisotopic (exact) mass is 383 g/mol. The van der Waals surface area contributed by atoms with Crippen molar-refractivity contribution in [2.75, 3.05) is 31.1 Å². The molecule has 6 heteroatoms. The first-order valence-corrected chi connectivity index (χ1v) is 9.98. The molecular weight excluding hydrogens is 361 g/mol. The molecule has 0 amide bonds. The third-order valence-corrected chi connectivity index (χ3v) is 5.53. The van der Waals surface area contributed by atoms with Gasteiger partial charge in [-0.25, -0.2) is 9.37 Å². The van der Waals surface area contributed by atoms with Gasteiger partial charge >= 0.3 is 0 Å². The van der Waals surface area contributed by atoms with Crippen LogP contribution in [0.1, 0.15) is 10.7 Å². The highest BCUT2D eigenvalue weighted by Gasteiger charge is 2.18. The molecule has 2 heterocycles. The summed E-state index contributed by atoms with van der Waals surface area (Å²) in [6.07, 6.45) is 0. The molecule has 0 atom stereocenters. The van der Waals surface area contributed by atoms with Crippen molar-refractivity contribution in [1.82, 2.24) is 9.88 Å². The third kappa shape index (κ3) is 4.84. The first-order chi connectivity index (χ1) is 13.3. The summed E-state index contributed by atoms with van der Waals surface area (Å²) in [6.45, 7) is 5.43. The van der Waals surface area contributed by atoms with Crippen LogP contribution in [-0.2, 0) is 13.2 Å². The van der Waals surface area contributed by atoms with Crippen LogP contribution < -0.4 is 9.64 Å². The van der Waals surface area contributed by atoms with Gasteiger partial charge in [-0.3, -0.25) is 4.90 Å². The minimum atomic E-state index is -0.258. The topological polar surface area (TPSA) is 28.6 Å². The van der Waals surface area contributed by atoms with E-state index in [9.17, 15) is 4.39 Å². The van der Waals surface area contributed by atoms with Gasteiger partial charge in [0.2, 0.25) is 0 Å². The van der Waals surface area contributed by atoms with Crippen LogP contribution in [0.4, 0.5) is 10.1 Å². The van der Waals surface area contributed by atoms with Crippen LogP contribution in [0.25, 0.3) is 0 Å². The number of benzene rings is 2. The van der Waals surface area contributed by atoms with Gasteiger partial charge in [-0.2, -0.15) is 0 Å². The summed E-state index contributed by atoms with van der Waals surface area (Å²) in [7, 11) is 0. The lowest BCUT2D eigenvalue weighted by atomic mass is 10.2. The van der Waals surface area contributed by atoms with Gasteiger partial charge in [-0.05, 0) is 36.4 Å². The Balaban J connectivity index is 1.25. The molecule has 1 aromatic heterocycles. The second kappa shape index (κ2) is 8.50. The number of nitrogens with zero attached hydrogens (tertiary/aromatic N) is 3. The molecule has 0 bridgehead atoms. The Morgan fingerprint density at radius 1 is 0.963 bits per heavy atom. The molecular formula is C21H22FN3OS. The lowest BCUT2D eigenvalue weighted by molar-refractivity contribution is 0.247. The summed E-state index contributed by atoms with van der Waals surface area (Å²) in [4.78, 5) is 9.55. The van der Waals surface area contributed by atoms with E-state index < -0.39 is 0 Å². The average Bonchev–Trinajstić information content (AvgIpc) is 3.16. The summed E-state index contributed by atoms with van der Waals surface area (Å²) in [6, 6.07) is 16.6. The Kier molecular flexibility index (Phi) is 5.65. The van der Waals surface area contributed by atoms with E-state index in [0.717, 1.165) is 43.4 Å². The SMILES string of the molecule is Fc1ccc(OCc2nc(CN3CCN(c4ccccc4)CC3)cs2)cc1. The van der Waals surface area contributed by atoms with Crippen molar-refractivity contribution in [2.24, 2.45) is 0 Å². The van der Waals surface area contributed by atoms with Crippen LogP contribution in [0.5, 0.6) is 5.75 Å². The molecule has 4 nitrogen and oxygen atoms in total. The molecule has 1 fully saturated rings. The third-order valence-electron chi connectivity index (χ3n) is 4.65. The number of hydrogen-bond acceptors (Lipinski definition) is 5. The van der Waals surface area contributed by atoms with Crippen LogP contribution in [0.3, 0.4) is 0 Å². The Hall–Kier alpha value is -2.44. The Morgan fingerprint density at radius 2 is 1.70 bits per heavy atom. The molecule has 1 saturated heterocycles. The summed E-state index contributed by atoms with van der Waals surface area (Å²) in [5.41, 5.74) is 2.39. The molecule has 2 aromatic carbocycles. The number of ether oxygens (including phenoxy) is 1. The fourth-order valence-corrected chi connectivity index (χ4v) is 3.89. The molecule has 0 radical (unpaired) electrons. The Morgan fingerprint density at radius 3 is 2.44 bits per heavy atom. The second-order valence-corrected chi connectivity index (χ2v) is 7.52. The molecule has 0 N–H and O–H groups in total. The molecule has 0 spiro atoms. The van der Waals surface area contributed by atoms with Gasteiger partial charge in [0.1, 0.15) is 23.2 Å². The van der Waals surface area contributed by atoms with Gasteiger partial charge < -0.3 is 9.64 Å². The fraction of sp³-hybridized carbons (Fsp3) is 0.286. The summed E-state index contributed by atoms with van der Waals surface area (Å²) in [5, 5.41) is 3.05. The molecule has 0 saturated carbocycles. The van der Waals surface area contributed by atoms with Crippen molar-refractivity contribution in [2.45, 2.75) is 13.2 Å². The summed E-state index contributed by atoms with van der Waals surface area (Å²) in [5.74, 6) is 0.399. The van der Waals surface area contributed by atoms with E-state index in [-0.39, 0.29) is 5.82 Å². The highest BCUT2D eigenvalue weighted by atomic mass is 32.1. The van der Waals surface area contributed by atoms with Crippen LogP contribution in [0.2, 0.25) is 0 Å². The van der Waals surface area contributed by atoms with E-state index in [2.05, 4.69) is 50.5 Å². The first kappa shape index (κ1) is 17.9. The standard InChI is InChI=1S/C21H22FN3OS/c22-17-6-8-20(9-7-17)26-15-21-23-18(16-27-21)14-24-10-12-25(13-11-24)19-4-2-1-3-5-19/h1-9,16H,10-15H2. The van der Waals surface area contributed by atoms with E-state index in [1.165, 1.54) is 17.8 Å². The van der Waals surface area contributed by atoms with Crippen molar-refractivity contribution < 1.29 is 9.13 Å². The van der Waals surface area contributed by atoms with Crippen molar-refractivity contribution in [3.63, 3.8) is 0 Å². The van der Waals surface area contributed by atoms with Gasteiger partial charge in [-0.1, -0.05) is 18.2 Å². The number of para-hydroxylation sites is 1.